The Morgan fingerprint density at radius 3 is 2.55 bits per heavy atom. The Balaban J connectivity index is 1.96. The second-order valence-electron chi connectivity index (χ2n) is 5.32. The Morgan fingerprint density at radius 1 is 1.09 bits per heavy atom. The highest BCUT2D eigenvalue weighted by molar-refractivity contribution is 6.02. The van der Waals surface area contributed by atoms with Crippen molar-refractivity contribution >= 4 is 23.0 Å². The predicted octanol–water partition coefficient (Wildman–Crippen LogP) is 4.05. The Morgan fingerprint density at radius 2 is 1.82 bits per heavy atom. The molecule has 0 N–H and O–H groups in total. The van der Waals surface area contributed by atoms with Crippen LogP contribution in [0, 0.1) is 20.8 Å². The molecule has 0 saturated carbocycles. The van der Waals surface area contributed by atoms with Crippen LogP contribution in [-0.2, 0) is 0 Å². The molecule has 0 aliphatic heterocycles. The van der Waals surface area contributed by atoms with Crippen molar-refractivity contribution in [1.29, 1.82) is 0 Å². The molecular formula is C18H17N3O. The number of aryl methyl sites for hydroxylation is 1. The molecule has 1 aromatic heterocycles. The predicted molar refractivity (Wildman–Crippen MR) is 88.8 cm³/mol. The molecule has 110 valence electrons. The molecule has 0 saturated heterocycles. The summed E-state index contributed by atoms with van der Waals surface area (Å²) in [6.45, 7) is 5.72. The number of amides is 1. The molecule has 4 heteroatoms. The van der Waals surface area contributed by atoms with E-state index >= 15 is 0 Å². The third-order valence-electron chi connectivity index (χ3n) is 3.97. The lowest BCUT2D eigenvalue weighted by atomic mass is 10.1. The molecule has 0 atom stereocenters. The standard InChI is InChI=1S/C18H17N3O/c1-12-13(2)20-21(14(12)3)18(22)19-11-16-9-6-8-15-7-4-5-10-17(15)16/h4-11H,1-3H3. The fraction of sp³-hybridized carbons (Fsp3) is 0.167. The average molecular weight is 291 g/mol. The van der Waals surface area contributed by atoms with E-state index in [4.69, 9.17) is 0 Å². The van der Waals surface area contributed by atoms with Crippen LogP contribution in [0.15, 0.2) is 47.5 Å². The van der Waals surface area contributed by atoms with E-state index in [1.54, 1.807) is 6.21 Å². The van der Waals surface area contributed by atoms with Crippen molar-refractivity contribution in [3.63, 3.8) is 0 Å². The lowest BCUT2D eigenvalue weighted by Crippen LogP contribution is -2.11. The highest BCUT2D eigenvalue weighted by Crippen LogP contribution is 2.17. The Kier molecular flexibility index (Phi) is 3.59. The number of carbonyl (C=O) groups excluding carboxylic acids is 1. The average Bonchev–Trinajstić information content (AvgIpc) is 2.80. The first-order valence-electron chi connectivity index (χ1n) is 7.17. The molecule has 0 bridgehead atoms. The van der Waals surface area contributed by atoms with Crippen LogP contribution in [0.4, 0.5) is 4.79 Å². The second-order valence-corrected chi connectivity index (χ2v) is 5.32. The summed E-state index contributed by atoms with van der Waals surface area (Å²) in [5, 5.41) is 6.44. The number of nitrogens with zero attached hydrogens (tertiary/aromatic N) is 3. The number of fused-ring (bicyclic) bond motifs is 1. The van der Waals surface area contributed by atoms with Gasteiger partial charge >= 0.3 is 6.03 Å². The van der Waals surface area contributed by atoms with Crippen molar-refractivity contribution in [2.45, 2.75) is 20.8 Å². The number of benzene rings is 2. The van der Waals surface area contributed by atoms with E-state index in [1.807, 2.05) is 63.2 Å². The van der Waals surface area contributed by atoms with Gasteiger partial charge < -0.3 is 0 Å². The molecule has 0 unspecified atom stereocenters. The first-order valence-corrected chi connectivity index (χ1v) is 7.17. The summed E-state index contributed by atoms with van der Waals surface area (Å²) in [5.74, 6) is 0. The zero-order valence-electron chi connectivity index (χ0n) is 12.9. The maximum absolute atomic E-state index is 12.2. The van der Waals surface area contributed by atoms with Gasteiger partial charge in [-0.3, -0.25) is 0 Å². The minimum Gasteiger partial charge on any atom is -0.244 e. The van der Waals surface area contributed by atoms with E-state index in [2.05, 4.69) is 10.1 Å². The number of hydrogen-bond acceptors (Lipinski definition) is 2. The molecule has 0 aliphatic rings. The molecule has 3 aromatic rings. The van der Waals surface area contributed by atoms with E-state index in [1.165, 1.54) is 4.68 Å². The smallest absolute Gasteiger partial charge is 0.244 e. The van der Waals surface area contributed by atoms with Gasteiger partial charge in [0.2, 0.25) is 0 Å². The first kappa shape index (κ1) is 14.2. The summed E-state index contributed by atoms with van der Waals surface area (Å²) in [6.07, 6.45) is 1.61. The van der Waals surface area contributed by atoms with E-state index in [-0.39, 0.29) is 6.03 Å². The molecule has 4 nitrogen and oxygen atoms in total. The maximum Gasteiger partial charge on any atom is 0.368 e. The molecule has 1 heterocycles. The van der Waals surface area contributed by atoms with Crippen molar-refractivity contribution in [3.8, 4) is 0 Å². The topological polar surface area (TPSA) is 47.2 Å². The highest BCUT2D eigenvalue weighted by atomic mass is 16.2. The van der Waals surface area contributed by atoms with Crippen molar-refractivity contribution < 1.29 is 4.79 Å². The number of carbonyl (C=O) groups is 1. The normalized spacial score (nSPS) is 11.4. The van der Waals surface area contributed by atoms with E-state index in [0.717, 1.165) is 33.3 Å². The van der Waals surface area contributed by atoms with E-state index < -0.39 is 0 Å². The third kappa shape index (κ3) is 2.44. The number of aliphatic imine (C=N–C) groups is 1. The summed E-state index contributed by atoms with van der Waals surface area (Å²) >= 11 is 0. The van der Waals surface area contributed by atoms with Gasteiger partial charge in [0, 0.05) is 17.5 Å². The molecule has 22 heavy (non-hydrogen) atoms. The molecule has 2 aromatic carbocycles. The number of rotatable bonds is 1. The Labute approximate surface area is 129 Å². The van der Waals surface area contributed by atoms with E-state index in [9.17, 15) is 4.79 Å². The fourth-order valence-corrected chi connectivity index (χ4v) is 2.45. The number of aromatic nitrogens is 2. The van der Waals surface area contributed by atoms with Crippen LogP contribution in [0.1, 0.15) is 22.5 Å². The third-order valence-corrected chi connectivity index (χ3v) is 3.97. The van der Waals surface area contributed by atoms with Crippen LogP contribution in [0.2, 0.25) is 0 Å². The highest BCUT2D eigenvalue weighted by Gasteiger charge is 2.12. The van der Waals surface area contributed by atoms with Gasteiger partial charge in [-0.25, -0.2) is 4.79 Å². The number of hydrogen-bond donors (Lipinski definition) is 0. The monoisotopic (exact) mass is 291 g/mol. The molecule has 0 fully saturated rings. The van der Waals surface area contributed by atoms with Crippen LogP contribution in [-0.4, -0.2) is 22.0 Å². The van der Waals surface area contributed by atoms with Gasteiger partial charge in [0.1, 0.15) is 0 Å². The van der Waals surface area contributed by atoms with Gasteiger partial charge in [0.05, 0.1) is 5.69 Å². The summed E-state index contributed by atoms with van der Waals surface area (Å²) < 4.78 is 1.35. The van der Waals surface area contributed by atoms with Crippen molar-refractivity contribution in [2.75, 3.05) is 0 Å². The molecule has 3 rings (SSSR count). The minimum atomic E-state index is -0.373. The van der Waals surface area contributed by atoms with Crippen molar-refractivity contribution in [2.24, 2.45) is 4.99 Å². The Hall–Kier alpha value is -2.75. The zero-order chi connectivity index (χ0) is 15.7. The van der Waals surface area contributed by atoms with Gasteiger partial charge in [-0.1, -0.05) is 42.5 Å². The van der Waals surface area contributed by atoms with Gasteiger partial charge in [-0.05, 0) is 37.1 Å². The van der Waals surface area contributed by atoms with Crippen LogP contribution in [0.25, 0.3) is 10.8 Å². The molecule has 0 radical (unpaired) electrons. The molecule has 0 spiro atoms. The molecule has 1 amide bonds. The lowest BCUT2D eigenvalue weighted by Gasteiger charge is -2.01. The zero-order valence-corrected chi connectivity index (χ0v) is 12.9. The minimum absolute atomic E-state index is 0.373. The van der Waals surface area contributed by atoms with Gasteiger partial charge in [0.15, 0.2) is 0 Å². The van der Waals surface area contributed by atoms with Crippen LogP contribution < -0.4 is 0 Å². The van der Waals surface area contributed by atoms with Crippen LogP contribution in [0.3, 0.4) is 0 Å². The summed E-state index contributed by atoms with van der Waals surface area (Å²) in [7, 11) is 0. The Bertz CT molecular complexity index is 885. The summed E-state index contributed by atoms with van der Waals surface area (Å²) in [6, 6.07) is 13.6. The van der Waals surface area contributed by atoms with Crippen molar-refractivity contribution in [1.82, 2.24) is 9.78 Å². The van der Waals surface area contributed by atoms with Gasteiger partial charge in [-0.15, -0.1) is 0 Å². The van der Waals surface area contributed by atoms with Crippen molar-refractivity contribution in [3.05, 3.63) is 65.0 Å². The summed E-state index contributed by atoms with van der Waals surface area (Å²) in [5.41, 5.74) is 3.63. The van der Waals surface area contributed by atoms with Crippen LogP contribution >= 0.6 is 0 Å². The van der Waals surface area contributed by atoms with Gasteiger partial charge in [-0.2, -0.15) is 14.8 Å². The maximum atomic E-state index is 12.2. The second kappa shape index (κ2) is 5.56. The van der Waals surface area contributed by atoms with Gasteiger partial charge in [0.25, 0.3) is 0 Å². The van der Waals surface area contributed by atoms with Crippen LogP contribution in [0.5, 0.6) is 0 Å². The molecule has 0 aliphatic carbocycles. The lowest BCUT2D eigenvalue weighted by molar-refractivity contribution is 0.247. The fourth-order valence-electron chi connectivity index (χ4n) is 2.45. The first-order chi connectivity index (χ1) is 10.6. The summed E-state index contributed by atoms with van der Waals surface area (Å²) in [4.78, 5) is 16.3. The SMILES string of the molecule is Cc1nn(C(=O)N=Cc2cccc3ccccc23)c(C)c1C. The molecular weight excluding hydrogens is 274 g/mol. The largest absolute Gasteiger partial charge is 0.368 e. The quantitative estimate of drug-likeness (QED) is 0.635. The van der Waals surface area contributed by atoms with E-state index in [0.29, 0.717) is 0 Å².